The summed E-state index contributed by atoms with van der Waals surface area (Å²) in [5, 5.41) is 3.03. The number of nitrogens with one attached hydrogen (secondary N) is 1. The van der Waals surface area contributed by atoms with E-state index in [1.165, 1.54) is 0 Å². The Morgan fingerprint density at radius 1 is 1.10 bits per heavy atom. The third kappa shape index (κ3) is 5.39. The van der Waals surface area contributed by atoms with E-state index in [4.69, 9.17) is 5.73 Å². The number of benzene rings is 1. The van der Waals surface area contributed by atoms with E-state index in [0.717, 1.165) is 30.6 Å². The second-order valence-electron chi connectivity index (χ2n) is 9.54. The Morgan fingerprint density at radius 2 is 1.80 bits per heavy atom. The summed E-state index contributed by atoms with van der Waals surface area (Å²) in [4.78, 5) is 40.8. The summed E-state index contributed by atoms with van der Waals surface area (Å²) in [6.07, 6.45) is 3.14. The van der Waals surface area contributed by atoms with Gasteiger partial charge in [-0.15, -0.1) is 0 Å². The van der Waals surface area contributed by atoms with Crippen LogP contribution in [0, 0.1) is 11.3 Å². The first-order chi connectivity index (χ1) is 14.1. The second-order valence-corrected chi connectivity index (χ2v) is 9.54. The third-order valence-electron chi connectivity index (χ3n) is 6.07. The normalized spacial score (nSPS) is 20.9. The predicted octanol–water partition coefficient (Wildman–Crippen LogP) is 2.36. The molecule has 3 N–H and O–H groups in total. The average molecular weight is 415 g/mol. The molecule has 7 nitrogen and oxygen atoms in total. The molecule has 1 aromatic rings. The highest BCUT2D eigenvalue weighted by molar-refractivity contribution is 5.93. The van der Waals surface area contributed by atoms with Crippen LogP contribution in [-0.2, 0) is 20.9 Å². The van der Waals surface area contributed by atoms with Crippen LogP contribution in [0.2, 0.25) is 0 Å². The molecule has 3 amide bonds. The molecule has 0 bridgehead atoms. The Bertz CT molecular complexity index is 794. The Hall–Kier alpha value is -2.41. The van der Waals surface area contributed by atoms with Crippen molar-refractivity contribution in [2.45, 2.75) is 59.0 Å². The van der Waals surface area contributed by atoms with Gasteiger partial charge in [-0.25, -0.2) is 0 Å². The number of nitrogens with two attached hydrogens (primary N) is 1. The van der Waals surface area contributed by atoms with E-state index in [1.54, 1.807) is 0 Å². The number of nitrogens with zero attached hydrogens (tertiary/aromatic N) is 2. The van der Waals surface area contributed by atoms with Gasteiger partial charge in [0.15, 0.2) is 0 Å². The van der Waals surface area contributed by atoms with Crippen molar-refractivity contribution in [3.63, 3.8) is 0 Å². The van der Waals surface area contributed by atoms with E-state index in [9.17, 15) is 14.4 Å². The minimum absolute atomic E-state index is 0.00573. The number of likely N-dealkylation sites (tertiary alicyclic amines) is 2. The lowest BCUT2D eigenvalue weighted by Crippen LogP contribution is -2.45. The average Bonchev–Trinajstić information content (AvgIpc) is 3.15. The van der Waals surface area contributed by atoms with Crippen LogP contribution in [0.25, 0.3) is 0 Å². The van der Waals surface area contributed by atoms with Crippen molar-refractivity contribution in [2.75, 3.05) is 25.0 Å². The van der Waals surface area contributed by atoms with Crippen LogP contribution in [0.5, 0.6) is 0 Å². The molecule has 0 spiro atoms. The summed E-state index contributed by atoms with van der Waals surface area (Å²) in [7, 11) is 0. The standard InChI is InChI=1S/C23H34N4O3/c1-23(2,3)22(30)26-12-9-17(10-13-26)21(29)25-18-7-4-6-16(14-18)15-27-11-5-8-19(27)20(24)28/h4,6-7,14,17,19H,5,8-13,15H2,1-3H3,(H2,24,28)(H,25,29). The molecule has 1 unspecified atom stereocenters. The van der Waals surface area contributed by atoms with Crippen LogP contribution in [0.4, 0.5) is 5.69 Å². The number of carbonyl (C=O) groups is 3. The molecule has 1 aromatic carbocycles. The molecule has 7 heteroatoms. The molecule has 3 rings (SSSR count). The highest BCUT2D eigenvalue weighted by atomic mass is 16.2. The van der Waals surface area contributed by atoms with E-state index < -0.39 is 5.41 Å². The number of rotatable bonds is 5. The number of anilines is 1. The smallest absolute Gasteiger partial charge is 0.234 e. The first kappa shape index (κ1) is 22.3. The van der Waals surface area contributed by atoms with Crippen LogP contribution in [-0.4, -0.2) is 53.2 Å². The first-order valence-corrected chi connectivity index (χ1v) is 10.9. The number of carbonyl (C=O) groups excluding carboxylic acids is 3. The number of amides is 3. The van der Waals surface area contributed by atoms with Crippen molar-refractivity contribution in [2.24, 2.45) is 17.1 Å². The summed E-state index contributed by atoms with van der Waals surface area (Å²) < 4.78 is 0. The van der Waals surface area contributed by atoms with Crippen LogP contribution >= 0.6 is 0 Å². The van der Waals surface area contributed by atoms with E-state index in [0.29, 0.717) is 32.5 Å². The summed E-state index contributed by atoms with van der Waals surface area (Å²) in [6.45, 7) is 8.52. The molecule has 2 aliphatic rings. The zero-order chi connectivity index (χ0) is 21.9. The fraction of sp³-hybridized carbons (Fsp3) is 0.609. The number of hydrogen-bond donors (Lipinski definition) is 2. The monoisotopic (exact) mass is 414 g/mol. The SMILES string of the molecule is CC(C)(C)C(=O)N1CCC(C(=O)Nc2cccc(CN3CCCC3C(N)=O)c2)CC1. The molecule has 30 heavy (non-hydrogen) atoms. The molecule has 2 fully saturated rings. The van der Waals surface area contributed by atoms with Gasteiger partial charge in [0.1, 0.15) is 0 Å². The van der Waals surface area contributed by atoms with Gasteiger partial charge in [-0.3, -0.25) is 19.3 Å². The first-order valence-electron chi connectivity index (χ1n) is 10.9. The van der Waals surface area contributed by atoms with Gasteiger partial charge in [0.2, 0.25) is 17.7 Å². The predicted molar refractivity (Wildman–Crippen MR) is 116 cm³/mol. The molecule has 164 valence electrons. The highest BCUT2D eigenvalue weighted by Crippen LogP contribution is 2.25. The van der Waals surface area contributed by atoms with Crippen molar-refractivity contribution in [3.8, 4) is 0 Å². The molecule has 0 saturated carbocycles. The van der Waals surface area contributed by atoms with Gasteiger partial charge >= 0.3 is 0 Å². The number of primary amides is 1. The van der Waals surface area contributed by atoms with Gasteiger partial charge < -0.3 is 16.0 Å². The Balaban J connectivity index is 1.54. The summed E-state index contributed by atoms with van der Waals surface area (Å²) in [6, 6.07) is 7.57. The van der Waals surface area contributed by atoms with Crippen molar-refractivity contribution in [1.82, 2.24) is 9.80 Å². The molecule has 2 saturated heterocycles. The minimum atomic E-state index is -0.390. The number of piperidine rings is 1. The number of hydrogen-bond acceptors (Lipinski definition) is 4. The van der Waals surface area contributed by atoms with Gasteiger partial charge in [-0.2, -0.15) is 0 Å². The Kier molecular flexibility index (Phi) is 6.81. The van der Waals surface area contributed by atoms with Crippen molar-refractivity contribution in [3.05, 3.63) is 29.8 Å². The zero-order valence-corrected chi connectivity index (χ0v) is 18.3. The Labute approximate surface area is 179 Å². The molecule has 0 aliphatic carbocycles. The second kappa shape index (κ2) is 9.16. The molecule has 0 radical (unpaired) electrons. The molecule has 1 atom stereocenters. The maximum Gasteiger partial charge on any atom is 0.234 e. The maximum atomic E-state index is 12.8. The molecule has 0 aromatic heterocycles. The lowest BCUT2D eigenvalue weighted by Gasteiger charge is -2.35. The molecule has 2 heterocycles. The fourth-order valence-electron chi connectivity index (χ4n) is 4.38. The van der Waals surface area contributed by atoms with E-state index in [-0.39, 0.29) is 29.7 Å². The van der Waals surface area contributed by atoms with Crippen LogP contribution in [0.15, 0.2) is 24.3 Å². The highest BCUT2D eigenvalue weighted by Gasteiger charge is 2.32. The van der Waals surface area contributed by atoms with Gasteiger partial charge in [0.05, 0.1) is 6.04 Å². The molecule has 2 aliphatic heterocycles. The van der Waals surface area contributed by atoms with Gasteiger partial charge in [-0.1, -0.05) is 32.9 Å². The minimum Gasteiger partial charge on any atom is -0.368 e. The van der Waals surface area contributed by atoms with Crippen molar-refractivity contribution < 1.29 is 14.4 Å². The van der Waals surface area contributed by atoms with Crippen molar-refractivity contribution in [1.29, 1.82) is 0 Å². The quantitative estimate of drug-likeness (QED) is 0.773. The van der Waals surface area contributed by atoms with Crippen molar-refractivity contribution >= 4 is 23.4 Å². The lowest BCUT2D eigenvalue weighted by molar-refractivity contribution is -0.142. The van der Waals surface area contributed by atoms with E-state index >= 15 is 0 Å². The molecular weight excluding hydrogens is 380 g/mol. The zero-order valence-electron chi connectivity index (χ0n) is 18.3. The topological polar surface area (TPSA) is 95.7 Å². The van der Waals surface area contributed by atoms with E-state index in [1.807, 2.05) is 49.9 Å². The van der Waals surface area contributed by atoms with Gasteiger partial charge in [0.25, 0.3) is 0 Å². The summed E-state index contributed by atoms with van der Waals surface area (Å²) in [5.74, 6) is -0.208. The van der Waals surface area contributed by atoms with Crippen LogP contribution in [0.3, 0.4) is 0 Å². The van der Waals surface area contributed by atoms with Crippen LogP contribution < -0.4 is 11.1 Å². The lowest BCUT2D eigenvalue weighted by atomic mass is 9.90. The molecular formula is C23H34N4O3. The summed E-state index contributed by atoms with van der Waals surface area (Å²) >= 11 is 0. The summed E-state index contributed by atoms with van der Waals surface area (Å²) in [5.41, 5.74) is 6.93. The third-order valence-corrected chi connectivity index (χ3v) is 6.07. The van der Waals surface area contributed by atoms with Gasteiger partial charge in [-0.05, 0) is 49.9 Å². The largest absolute Gasteiger partial charge is 0.368 e. The fourth-order valence-corrected chi connectivity index (χ4v) is 4.38. The van der Waals surface area contributed by atoms with E-state index in [2.05, 4.69) is 10.2 Å². The Morgan fingerprint density at radius 3 is 2.43 bits per heavy atom. The maximum absolute atomic E-state index is 12.8. The van der Waals surface area contributed by atoms with Gasteiger partial charge in [0, 0.05) is 36.7 Å². The van der Waals surface area contributed by atoms with Crippen LogP contribution in [0.1, 0.15) is 52.0 Å².